The molecule has 0 heterocycles. The average Bonchev–Trinajstić information content (AvgIpc) is 2.13. The standard InChI is InChI=1S/C13H21N/c1-10(2)11(3)8-9-12(4)13(5,6)14-7/h8-9H,1,7H2,2-6H3/b11-8+,12-9+. The van der Waals surface area contributed by atoms with Gasteiger partial charge in [-0.1, -0.05) is 24.3 Å². The summed E-state index contributed by atoms with van der Waals surface area (Å²) < 4.78 is 0. The monoisotopic (exact) mass is 191 g/mol. The largest absolute Gasteiger partial charge is 0.290 e. The van der Waals surface area contributed by atoms with E-state index in [1.54, 1.807) is 0 Å². The Morgan fingerprint density at radius 3 is 2.00 bits per heavy atom. The highest BCUT2D eigenvalue weighted by atomic mass is 14.8. The minimum atomic E-state index is -0.175. The smallest absolute Gasteiger partial charge is 0.0753 e. The summed E-state index contributed by atoms with van der Waals surface area (Å²) >= 11 is 0. The molecule has 0 unspecified atom stereocenters. The van der Waals surface area contributed by atoms with Gasteiger partial charge in [-0.3, -0.25) is 4.99 Å². The first-order chi connectivity index (χ1) is 6.31. The van der Waals surface area contributed by atoms with E-state index in [4.69, 9.17) is 0 Å². The first kappa shape index (κ1) is 12.9. The summed E-state index contributed by atoms with van der Waals surface area (Å²) in [4.78, 5) is 4.07. The fraction of sp³-hybridized carbons (Fsp3) is 0.462. The normalized spacial score (nSPS) is 14.1. The number of hydrogen-bond donors (Lipinski definition) is 0. The van der Waals surface area contributed by atoms with Crippen molar-refractivity contribution < 1.29 is 0 Å². The van der Waals surface area contributed by atoms with Gasteiger partial charge in [-0.25, -0.2) is 0 Å². The summed E-state index contributed by atoms with van der Waals surface area (Å²) in [5.41, 5.74) is 3.32. The fourth-order valence-electron chi connectivity index (χ4n) is 0.721. The molecule has 1 nitrogen and oxygen atoms in total. The van der Waals surface area contributed by atoms with Crippen molar-refractivity contribution in [3.05, 3.63) is 35.5 Å². The Balaban J connectivity index is 4.79. The lowest BCUT2D eigenvalue weighted by Crippen LogP contribution is -2.17. The quantitative estimate of drug-likeness (QED) is 0.471. The third kappa shape index (κ3) is 3.73. The molecular formula is C13H21N. The van der Waals surface area contributed by atoms with Gasteiger partial charge in [0.05, 0.1) is 5.54 Å². The van der Waals surface area contributed by atoms with Gasteiger partial charge in [0.1, 0.15) is 0 Å². The number of rotatable bonds is 4. The van der Waals surface area contributed by atoms with Gasteiger partial charge in [-0.05, 0) is 52.5 Å². The zero-order valence-corrected chi connectivity index (χ0v) is 10.0. The number of nitrogens with zero attached hydrogens (tertiary/aromatic N) is 1. The van der Waals surface area contributed by atoms with Crippen LogP contribution in [0.2, 0.25) is 0 Å². The molecule has 14 heavy (non-hydrogen) atoms. The van der Waals surface area contributed by atoms with Crippen LogP contribution in [0.4, 0.5) is 0 Å². The Kier molecular flexibility index (Phi) is 4.55. The molecule has 0 rings (SSSR count). The third-order valence-electron chi connectivity index (χ3n) is 2.62. The Morgan fingerprint density at radius 1 is 1.14 bits per heavy atom. The van der Waals surface area contributed by atoms with E-state index < -0.39 is 0 Å². The van der Waals surface area contributed by atoms with Crippen molar-refractivity contribution in [1.82, 2.24) is 0 Å². The molecule has 0 aliphatic heterocycles. The molecule has 0 bridgehead atoms. The second kappa shape index (κ2) is 4.94. The maximum Gasteiger partial charge on any atom is 0.0753 e. The lowest BCUT2D eigenvalue weighted by Gasteiger charge is -2.19. The van der Waals surface area contributed by atoms with Crippen molar-refractivity contribution in [3.8, 4) is 0 Å². The molecule has 0 N–H and O–H groups in total. The first-order valence-electron chi connectivity index (χ1n) is 4.80. The van der Waals surface area contributed by atoms with E-state index in [9.17, 15) is 0 Å². The molecule has 78 valence electrons. The van der Waals surface area contributed by atoms with Crippen LogP contribution in [-0.4, -0.2) is 12.3 Å². The summed E-state index contributed by atoms with van der Waals surface area (Å²) in [6.07, 6.45) is 4.16. The molecule has 0 amide bonds. The maximum absolute atomic E-state index is 4.07. The van der Waals surface area contributed by atoms with Crippen molar-refractivity contribution in [2.24, 2.45) is 4.99 Å². The molecule has 0 saturated heterocycles. The van der Waals surface area contributed by atoms with Gasteiger partial charge in [0.15, 0.2) is 0 Å². The molecule has 0 saturated carbocycles. The van der Waals surface area contributed by atoms with E-state index in [1.165, 1.54) is 11.1 Å². The highest BCUT2D eigenvalue weighted by molar-refractivity contribution is 5.34. The predicted octanol–water partition coefficient (Wildman–Crippen LogP) is 3.93. The van der Waals surface area contributed by atoms with Crippen molar-refractivity contribution in [2.75, 3.05) is 0 Å². The molecule has 0 aromatic heterocycles. The van der Waals surface area contributed by atoms with Crippen molar-refractivity contribution in [3.63, 3.8) is 0 Å². The fourth-order valence-corrected chi connectivity index (χ4v) is 0.721. The van der Waals surface area contributed by atoms with Crippen LogP contribution < -0.4 is 0 Å². The lowest BCUT2D eigenvalue weighted by molar-refractivity contribution is 0.620. The molecule has 0 aliphatic rings. The van der Waals surface area contributed by atoms with E-state index in [0.29, 0.717) is 0 Å². The van der Waals surface area contributed by atoms with Crippen LogP contribution in [0.1, 0.15) is 34.6 Å². The molecule has 0 fully saturated rings. The van der Waals surface area contributed by atoms with Gasteiger partial charge in [-0.15, -0.1) is 0 Å². The zero-order valence-electron chi connectivity index (χ0n) is 10.0. The molecule has 0 atom stereocenters. The summed E-state index contributed by atoms with van der Waals surface area (Å²) in [6.45, 7) is 17.7. The minimum absolute atomic E-state index is 0.175. The van der Waals surface area contributed by atoms with Gasteiger partial charge >= 0.3 is 0 Å². The maximum atomic E-state index is 4.07. The van der Waals surface area contributed by atoms with Crippen LogP contribution in [0.25, 0.3) is 0 Å². The van der Waals surface area contributed by atoms with Crippen molar-refractivity contribution in [2.45, 2.75) is 40.2 Å². The third-order valence-corrected chi connectivity index (χ3v) is 2.62. The van der Waals surface area contributed by atoms with Gasteiger partial charge in [0.25, 0.3) is 0 Å². The van der Waals surface area contributed by atoms with Crippen molar-refractivity contribution >= 4 is 6.72 Å². The van der Waals surface area contributed by atoms with Crippen molar-refractivity contribution in [1.29, 1.82) is 0 Å². The lowest BCUT2D eigenvalue weighted by atomic mass is 9.95. The van der Waals surface area contributed by atoms with Crippen LogP contribution in [0.15, 0.2) is 40.4 Å². The molecule has 0 aliphatic carbocycles. The van der Waals surface area contributed by atoms with Gasteiger partial charge < -0.3 is 0 Å². The minimum Gasteiger partial charge on any atom is -0.290 e. The molecule has 0 radical (unpaired) electrons. The van der Waals surface area contributed by atoms with Gasteiger partial charge in [0.2, 0.25) is 0 Å². The van der Waals surface area contributed by atoms with Crippen LogP contribution in [-0.2, 0) is 0 Å². The van der Waals surface area contributed by atoms with E-state index in [-0.39, 0.29) is 5.54 Å². The topological polar surface area (TPSA) is 12.4 Å². The summed E-state index contributed by atoms with van der Waals surface area (Å²) in [6, 6.07) is 0. The number of hydrogen-bond acceptors (Lipinski definition) is 1. The second-order valence-corrected chi connectivity index (χ2v) is 4.20. The average molecular weight is 191 g/mol. The first-order valence-corrected chi connectivity index (χ1v) is 4.80. The van der Waals surface area contributed by atoms with Crippen LogP contribution in [0, 0.1) is 0 Å². The predicted molar refractivity (Wildman–Crippen MR) is 66.0 cm³/mol. The van der Waals surface area contributed by atoms with Crippen LogP contribution in [0.3, 0.4) is 0 Å². The Hall–Kier alpha value is -1.11. The van der Waals surface area contributed by atoms with Crippen LogP contribution >= 0.6 is 0 Å². The highest BCUT2D eigenvalue weighted by Gasteiger charge is 2.15. The van der Waals surface area contributed by atoms with Crippen LogP contribution in [0.5, 0.6) is 0 Å². The molecule has 0 aromatic carbocycles. The van der Waals surface area contributed by atoms with Gasteiger partial charge in [-0.2, -0.15) is 0 Å². The summed E-state index contributed by atoms with van der Waals surface area (Å²) in [7, 11) is 0. The van der Waals surface area contributed by atoms with Gasteiger partial charge in [0, 0.05) is 0 Å². The Morgan fingerprint density at radius 2 is 1.64 bits per heavy atom. The van der Waals surface area contributed by atoms with E-state index in [0.717, 1.165) is 5.57 Å². The molecule has 0 spiro atoms. The summed E-state index contributed by atoms with van der Waals surface area (Å²) in [5, 5.41) is 0. The van der Waals surface area contributed by atoms with E-state index in [1.807, 2.05) is 6.92 Å². The number of aliphatic imine (C=N–C) groups is 1. The van der Waals surface area contributed by atoms with E-state index >= 15 is 0 Å². The number of allylic oxidation sites excluding steroid dienone is 4. The Bertz CT molecular complexity index is 290. The molecule has 0 aromatic rings. The SMILES string of the molecule is C=NC(C)(C)/C(C)=C/C=C(\C)C(=C)C. The Labute approximate surface area is 87.9 Å². The van der Waals surface area contributed by atoms with E-state index in [2.05, 4.69) is 58.1 Å². The second-order valence-electron chi connectivity index (χ2n) is 4.20. The highest BCUT2D eigenvalue weighted by Crippen LogP contribution is 2.19. The molecule has 1 heteroatoms. The zero-order chi connectivity index (χ0) is 11.4. The molecular weight excluding hydrogens is 170 g/mol. The summed E-state index contributed by atoms with van der Waals surface area (Å²) in [5.74, 6) is 0.